The number of ether oxygens (including phenoxy) is 1. The van der Waals surface area contributed by atoms with Crippen molar-refractivity contribution in [3.63, 3.8) is 0 Å². The molecule has 18 heavy (non-hydrogen) atoms. The van der Waals surface area contributed by atoms with E-state index in [0.29, 0.717) is 11.5 Å². The molecule has 2 heterocycles. The lowest BCUT2D eigenvalue weighted by molar-refractivity contribution is 0.101. The molecule has 1 aromatic heterocycles. The Balaban J connectivity index is 1.95. The second-order valence-electron chi connectivity index (χ2n) is 4.85. The Morgan fingerprint density at radius 1 is 1.44 bits per heavy atom. The maximum Gasteiger partial charge on any atom is 0.161 e. The molecule has 1 aliphatic rings. The minimum absolute atomic E-state index is 0.0628. The van der Waals surface area contributed by atoms with Gasteiger partial charge in [-0.3, -0.25) is 4.79 Å². The first kappa shape index (κ1) is 13.0. The third-order valence-corrected chi connectivity index (χ3v) is 3.50. The molecule has 0 N–H and O–H groups in total. The number of carbonyl (C=O) groups is 1. The van der Waals surface area contributed by atoms with Crippen molar-refractivity contribution in [1.29, 1.82) is 0 Å². The molecule has 0 spiro atoms. The zero-order valence-corrected chi connectivity index (χ0v) is 11.1. The monoisotopic (exact) mass is 248 g/mol. The predicted molar refractivity (Wildman–Crippen MR) is 71.1 cm³/mol. The molecule has 0 unspecified atom stereocenters. The number of rotatable bonds is 4. The van der Waals surface area contributed by atoms with E-state index in [2.05, 4.69) is 9.88 Å². The lowest BCUT2D eigenvalue weighted by Crippen LogP contribution is -2.35. The minimum atomic E-state index is 0.0628. The Labute approximate surface area is 108 Å². The van der Waals surface area contributed by atoms with Gasteiger partial charge >= 0.3 is 0 Å². The summed E-state index contributed by atoms with van der Waals surface area (Å²) in [6, 6.07) is 3.79. The quantitative estimate of drug-likeness (QED) is 0.766. The van der Waals surface area contributed by atoms with Gasteiger partial charge in [0.15, 0.2) is 5.78 Å². The standard InChI is InChI=1S/C14H20N2O2/c1-11(17)13-3-4-14(15-9-13)16-7-5-12(6-8-16)10-18-2/h3-4,9,12H,5-8,10H2,1-2H3. The van der Waals surface area contributed by atoms with E-state index < -0.39 is 0 Å². The molecule has 0 bridgehead atoms. The molecule has 0 radical (unpaired) electrons. The van der Waals surface area contributed by atoms with Gasteiger partial charge in [-0.2, -0.15) is 0 Å². The zero-order valence-electron chi connectivity index (χ0n) is 11.1. The molecule has 1 aliphatic heterocycles. The summed E-state index contributed by atoms with van der Waals surface area (Å²) in [5.74, 6) is 1.70. The first-order valence-electron chi connectivity index (χ1n) is 6.41. The largest absolute Gasteiger partial charge is 0.384 e. The van der Waals surface area contributed by atoms with E-state index in [1.54, 1.807) is 20.2 Å². The van der Waals surface area contributed by atoms with Crippen LogP contribution in [-0.4, -0.2) is 37.6 Å². The van der Waals surface area contributed by atoms with Crippen LogP contribution in [-0.2, 0) is 4.74 Å². The number of methoxy groups -OCH3 is 1. The van der Waals surface area contributed by atoms with Gasteiger partial charge in [-0.05, 0) is 37.8 Å². The van der Waals surface area contributed by atoms with Gasteiger partial charge in [0.2, 0.25) is 0 Å². The normalized spacial score (nSPS) is 16.9. The summed E-state index contributed by atoms with van der Waals surface area (Å²) in [4.78, 5) is 17.8. The molecule has 0 aliphatic carbocycles. The van der Waals surface area contributed by atoms with Gasteiger partial charge in [0.05, 0.1) is 0 Å². The maximum absolute atomic E-state index is 11.2. The fourth-order valence-electron chi connectivity index (χ4n) is 2.35. The molecular weight excluding hydrogens is 228 g/mol. The fraction of sp³-hybridized carbons (Fsp3) is 0.571. The number of carbonyl (C=O) groups excluding carboxylic acids is 1. The van der Waals surface area contributed by atoms with Crippen LogP contribution >= 0.6 is 0 Å². The highest BCUT2D eigenvalue weighted by molar-refractivity contribution is 5.93. The van der Waals surface area contributed by atoms with E-state index in [9.17, 15) is 4.79 Å². The third-order valence-electron chi connectivity index (χ3n) is 3.50. The molecule has 0 aromatic carbocycles. The van der Waals surface area contributed by atoms with Crippen molar-refractivity contribution in [2.45, 2.75) is 19.8 Å². The molecule has 0 atom stereocenters. The number of aromatic nitrogens is 1. The van der Waals surface area contributed by atoms with Crippen molar-refractivity contribution >= 4 is 11.6 Å². The van der Waals surface area contributed by atoms with Crippen LogP contribution in [0.5, 0.6) is 0 Å². The first-order chi connectivity index (χ1) is 8.70. The Morgan fingerprint density at radius 2 is 2.17 bits per heavy atom. The molecule has 0 saturated carbocycles. The number of hydrogen-bond acceptors (Lipinski definition) is 4. The van der Waals surface area contributed by atoms with Crippen molar-refractivity contribution in [2.75, 3.05) is 31.7 Å². The summed E-state index contributed by atoms with van der Waals surface area (Å²) in [5, 5.41) is 0. The van der Waals surface area contributed by atoms with Crippen LogP contribution in [0.1, 0.15) is 30.1 Å². The predicted octanol–water partition coefficient (Wildman–Crippen LogP) is 2.15. The van der Waals surface area contributed by atoms with E-state index in [0.717, 1.165) is 38.4 Å². The molecule has 0 amide bonds. The lowest BCUT2D eigenvalue weighted by atomic mass is 9.98. The Hall–Kier alpha value is -1.42. The van der Waals surface area contributed by atoms with Gasteiger partial charge in [0.1, 0.15) is 5.82 Å². The molecule has 98 valence electrons. The Kier molecular flexibility index (Phi) is 4.31. The van der Waals surface area contributed by atoms with Crippen molar-refractivity contribution < 1.29 is 9.53 Å². The van der Waals surface area contributed by atoms with Crippen LogP contribution in [0, 0.1) is 5.92 Å². The van der Waals surface area contributed by atoms with Crippen molar-refractivity contribution in [3.8, 4) is 0 Å². The summed E-state index contributed by atoms with van der Waals surface area (Å²) in [5.41, 5.74) is 0.674. The first-order valence-corrected chi connectivity index (χ1v) is 6.41. The average Bonchev–Trinajstić information content (AvgIpc) is 2.40. The molecule has 1 aromatic rings. The van der Waals surface area contributed by atoms with Crippen molar-refractivity contribution in [1.82, 2.24) is 4.98 Å². The third kappa shape index (κ3) is 3.07. The lowest BCUT2D eigenvalue weighted by Gasteiger charge is -2.32. The Morgan fingerprint density at radius 3 is 2.67 bits per heavy atom. The maximum atomic E-state index is 11.2. The molecular formula is C14H20N2O2. The number of nitrogens with zero attached hydrogens (tertiary/aromatic N) is 2. The number of hydrogen-bond donors (Lipinski definition) is 0. The molecule has 2 rings (SSSR count). The highest BCUT2D eigenvalue weighted by atomic mass is 16.5. The number of Topliss-reactive ketones (excluding diaryl/α,β-unsaturated/α-hetero) is 1. The second kappa shape index (κ2) is 5.96. The van der Waals surface area contributed by atoms with E-state index in [-0.39, 0.29) is 5.78 Å². The highest BCUT2D eigenvalue weighted by Crippen LogP contribution is 2.22. The van der Waals surface area contributed by atoms with E-state index in [4.69, 9.17) is 4.74 Å². The van der Waals surface area contributed by atoms with Crippen LogP contribution in [0.4, 0.5) is 5.82 Å². The van der Waals surface area contributed by atoms with Gasteiger partial charge < -0.3 is 9.64 Å². The van der Waals surface area contributed by atoms with Crippen LogP contribution in [0.15, 0.2) is 18.3 Å². The number of pyridine rings is 1. The van der Waals surface area contributed by atoms with Crippen LogP contribution in [0.2, 0.25) is 0 Å². The van der Waals surface area contributed by atoms with Crippen molar-refractivity contribution in [2.24, 2.45) is 5.92 Å². The smallest absolute Gasteiger partial charge is 0.161 e. The SMILES string of the molecule is COCC1CCN(c2ccc(C(C)=O)cn2)CC1. The topological polar surface area (TPSA) is 42.4 Å². The highest BCUT2D eigenvalue weighted by Gasteiger charge is 2.19. The summed E-state index contributed by atoms with van der Waals surface area (Å²) in [7, 11) is 1.76. The fourth-order valence-corrected chi connectivity index (χ4v) is 2.35. The van der Waals surface area contributed by atoms with Crippen LogP contribution < -0.4 is 4.90 Å². The average molecular weight is 248 g/mol. The summed E-state index contributed by atoms with van der Waals surface area (Å²) in [6.45, 7) is 4.44. The van der Waals surface area contributed by atoms with Gasteiger partial charge in [0, 0.05) is 38.6 Å². The van der Waals surface area contributed by atoms with Crippen LogP contribution in [0.25, 0.3) is 0 Å². The van der Waals surface area contributed by atoms with Crippen molar-refractivity contribution in [3.05, 3.63) is 23.9 Å². The minimum Gasteiger partial charge on any atom is -0.384 e. The van der Waals surface area contributed by atoms with Gasteiger partial charge in [-0.15, -0.1) is 0 Å². The molecule has 4 heteroatoms. The molecule has 4 nitrogen and oxygen atoms in total. The van der Waals surface area contributed by atoms with E-state index in [1.807, 2.05) is 12.1 Å². The zero-order chi connectivity index (χ0) is 13.0. The Bertz CT molecular complexity index is 395. The van der Waals surface area contributed by atoms with Gasteiger partial charge in [0.25, 0.3) is 0 Å². The molecule has 1 fully saturated rings. The van der Waals surface area contributed by atoms with E-state index >= 15 is 0 Å². The van der Waals surface area contributed by atoms with Crippen LogP contribution in [0.3, 0.4) is 0 Å². The summed E-state index contributed by atoms with van der Waals surface area (Å²) < 4.78 is 5.19. The number of piperidine rings is 1. The molecule has 1 saturated heterocycles. The van der Waals surface area contributed by atoms with Gasteiger partial charge in [-0.1, -0.05) is 0 Å². The summed E-state index contributed by atoms with van der Waals surface area (Å²) in [6.07, 6.45) is 3.95. The van der Waals surface area contributed by atoms with E-state index in [1.165, 1.54) is 0 Å². The second-order valence-corrected chi connectivity index (χ2v) is 4.85. The number of anilines is 1. The summed E-state index contributed by atoms with van der Waals surface area (Å²) >= 11 is 0. The van der Waals surface area contributed by atoms with Gasteiger partial charge in [-0.25, -0.2) is 4.98 Å². The number of ketones is 1.